The Bertz CT molecular complexity index is 582. The van der Waals surface area contributed by atoms with Gasteiger partial charge in [-0.2, -0.15) is 0 Å². The maximum absolute atomic E-state index is 11.9. The number of phenolic OH excluding ortho intramolecular Hbond substituents is 1. The molecule has 0 radical (unpaired) electrons. The summed E-state index contributed by atoms with van der Waals surface area (Å²) in [6.07, 6.45) is 1.75. The van der Waals surface area contributed by atoms with Crippen molar-refractivity contribution in [1.29, 1.82) is 0 Å². The zero-order chi connectivity index (χ0) is 14.4. The molecule has 0 atom stereocenters. The average Bonchev–Trinajstić information content (AvgIpc) is 2.47. The van der Waals surface area contributed by atoms with Gasteiger partial charge in [0.25, 0.3) is 5.91 Å². The van der Waals surface area contributed by atoms with Gasteiger partial charge in [0, 0.05) is 6.54 Å². The average molecular weight is 270 g/mol. The van der Waals surface area contributed by atoms with Gasteiger partial charge < -0.3 is 16.2 Å². The van der Waals surface area contributed by atoms with E-state index in [1.54, 1.807) is 18.2 Å². The predicted molar refractivity (Wildman–Crippen MR) is 79.6 cm³/mol. The third-order valence-electron chi connectivity index (χ3n) is 3.08. The molecule has 104 valence electrons. The van der Waals surface area contributed by atoms with Gasteiger partial charge in [-0.05, 0) is 30.5 Å². The van der Waals surface area contributed by atoms with Crippen molar-refractivity contribution in [3.05, 3.63) is 59.7 Å². The molecule has 0 aliphatic rings. The molecule has 2 rings (SSSR count). The summed E-state index contributed by atoms with van der Waals surface area (Å²) in [5, 5.41) is 12.5. The van der Waals surface area contributed by atoms with Gasteiger partial charge in [-0.25, -0.2) is 0 Å². The van der Waals surface area contributed by atoms with Crippen molar-refractivity contribution in [2.45, 2.75) is 12.8 Å². The predicted octanol–water partition coefficient (Wildman–Crippen LogP) is 2.34. The van der Waals surface area contributed by atoms with Crippen LogP contribution in [0.25, 0.3) is 0 Å². The van der Waals surface area contributed by atoms with Crippen molar-refractivity contribution in [3.63, 3.8) is 0 Å². The Morgan fingerprint density at radius 1 is 1.10 bits per heavy atom. The molecule has 20 heavy (non-hydrogen) atoms. The molecule has 0 unspecified atom stereocenters. The number of nitrogens with one attached hydrogen (secondary N) is 1. The smallest absolute Gasteiger partial charge is 0.255 e. The first-order valence-corrected chi connectivity index (χ1v) is 6.58. The van der Waals surface area contributed by atoms with Gasteiger partial charge in [-0.15, -0.1) is 0 Å². The Hall–Kier alpha value is -2.49. The molecule has 0 bridgehead atoms. The van der Waals surface area contributed by atoms with Crippen LogP contribution >= 0.6 is 0 Å². The number of carbonyl (C=O) groups is 1. The van der Waals surface area contributed by atoms with E-state index in [1.165, 1.54) is 5.56 Å². The van der Waals surface area contributed by atoms with Gasteiger partial charge in [-0.3, -0.25) is 4.79 Å². The minimum Gasteiger partial charge on any atom is -0.505 e. The second-order valence-electron chi connectivity index (χ2n) is 4.59. The fourth-order valence-corrected chi connectivity index (χ4v) is 1.98. The van der Waals surface area contributed by atoms with Crippen LogP contribution < -0.4 is 11.1 Å². The SMILES string of the molecule is Nc1cccc(C(=O)NCCCc2ccccc2)c1O. The first-order chi connectivity index (χ1) is 9.68. The summed E-state index contributed by atoms with van der Waals surface area (Å²) in [6, 6.07) is 14.9. The minimum absolute atomic E-state index is 0.159. The zero-order valence-corrected chi connectivity index (χ0v) is 11.2. The summed E-state index contributed by atoms with van der Waals surface area (Å²) in [5.74, 6) is -0.462. The van der Waals surface area contributed by atoms with Crippen molar-refractivity contribution in [2.75, 3.05) is 12.3 Å². The van der Waals surface area contributed by atoms with Crippen LogP contribution in [-0.2, 0) is 6.42 Å². The fraction of sp³-hybridized carbons (Fsp3) is 0.188. The first-order valence-electron chi connectivity index (χ1n) is 6.58. The topological polar surface area (TPSA) is 75.4 Å². The number of carbonyl (C=O) groups excluding carboxylic acids is 1. The summed E-state index contributed by atoms with van der Waals surface area (Å²) in [7, 11) is 0. The van der Waals surface area contributed by atoms with Crippen molar-refractivity contribution in [3.8, 4) is 5.75 Å². The van der Waals surface area contributed by atoms with Crippen LogP contribution in [0.3, 0.4) is 0 Å². The number of amides is 1. The lowest BCUT2D eigenvalue weighted by Gasteiger charge is -2.08. The quantitative estimate of drug-likeness (QED) is 0.443. The first kappa shape index (κ1) is 13.9. The standard InChI is InChI=1S/C16H18N2O2/c17-14-10-4-9-13(15(14)19)16(20)18-11-5-8-12-6-2-1-3-7-12/h1-4,6-7,9-10,19H,5,8,11,17H2,(H,18,20). The van der Waals surface area contributed by atoms with Gasteiger partial charge in [0.2, 0.25) is 0 Å². The number of hydrogen-bond acceptors (Lipinski definition) is 3. The molecule has 0 aromatic heterocycles. The van der Waals surface area contributed by atoms with Crippen LogP contribution in [0.15, 0.2) is 48.5 Å². The summed E-state index contributed by atoms with van der Waals surface area (Å²) < 4.78 is 0. The number of phenols is 1. The number of anilines is 1. The summed E-state index contributed by atoms with van der Waals surface area (Å²) in [5.41, 5.74) is 7.23. The molecule has 0 fully saturated rings. The molecule has 4 N–H and O–H groups in total. The third kappa shape index (κ3) is 3.51. The van der Waals surface area contributed by atoms with Crippen LogP contribution in [0.4, 0.5) is 5.69 Å². The second kappa shape index (κ2) is 6.61. The lowest BCUT2D eigenvalue weighted by atomic mass is 10.1. The van der Waals surface area contributed by atoms with E-state index in [1.807, 2.05) is 18.2 Å². The van der Waals surface area contributed by atoms with Gasteiger partial charge in [0.15, 0.2) is 5.75 Å². The maximum atomic E-state index is 11.9. The normalized spacial score (nSPS) is 10.2. The van der Waals surface area contributed by atoms with E-state index in [4.69, 9.17) is 5.73 Å². The number of nitrogens with two attached hydrogens (primary N) is 1. The monoisotopic (exact) mass is 270 g/mol. The van der Waals surface area contributed by atoms with E-state index in [0.29, 0.717) is 6.54 Å². The Morgan fingerprint density at radius 3 is 2.60 bits per heavy atom. The van der Waals surface area contributed by atoms with E-state index in [0.717, 1.165) is 12.8 Å². The molecular weight excluding hydrogens is 252 g/mol. The van der Waals surface area contributed by atoms with E-state index in [2.05, 4.69) is 17.4 Å². The molecule has 0 aliphatic carbocycles. The van der Waals surface area contributed by atoms with E-state index in [9.17, 15) is 9.90 Å². The number of rotatable bonds is 5. The van der Waals surface area contributed by atoms with Crippen molar-refractivity contribution >= 4 is 11.6 Å². The van der Waals surface area contributed by atoms with Crippen LogP contribution in [0, 0.1) is 0 Å². The Balaban J connectivity index is 1.82. The molecule has 2 aromatic carbocycles. The highest BCUT2D eigenvalue weighted by Gasteiger charge is 2.11. The molecule has 0 saturated carbocycles. The summed E-state index contributed by atoms with van der Waals surface area (Å²) in [6.45, 7) is 0.558. The lowest BCUT2D eigenvalue weighted by molar-refractivity contribution is 0.0950. The van der Waals surface area contributed by atoms with Crippen LogP contribution in [-0.4, -0.2) is 17.6 Å². The number of aryl methyl sites for hydroxylation is 1. The largest absolute Gasteiger partial charge is 0.505 e. The van der Waals surface area contributed by atoms with Gasteiger partial charge >= 0.3 is 0 Å². The number of nitrogen functional groups attached to an aromatic ring is 1. The van der Waals surface area contributed by atoms with E-state index in [-0.39, 0.29) is 22.9 Å². The second-order valence-corrected chi connectivity index (χ2v) is 4.59. The lowest BCUT2D eigenvalue weighted by Crippen LogP contribution is -2.25. The Morgan fingerprint density at radius 2 is 1.85 bits per heavy atom. The number of aromatic hydroxyl groups is 1. The van der Waals surface area contributed by atoms with Gasteiger partial charge in [0.1, 0.15) is 0 Å². The fourth-order valence-electron chi connectivity index (χ4n) is 1.98. The van der Waals surface area contributed by atoms with Crippen LogP contribution in [0.1, 0.15) is 22.3 Å². The molecule has 2 aromatic rings. The highest BCUT2D eigenvalue weighted by Crippen LogP contribution is 2.23. The Kier molecular flexibility index (Phi) is 4.60. The van der Waals surface area contributed by atoms with E-state index < -0.39 is 0 Å². The molecule has 4 heteroatoms. The van der Waals surface area contributed by atoms with E-state index >= 15 is 0 Å². The van der Waals surface area contributed by atoms with Crippen LogP contribution in [0.5, 0.6) is 5.75 Å². The minimum atomic E-state index is -0.303. The zero-order valence-electron chi connectivity index (χ0n) is 11.2. The Labute approximate surface area is 118 Å². The third-order valence-corrected chi connectivity index (χ3v) is 3.08. The van der Waals surface area contributed by atoms with Crippen molar-refractivity contribution < 1.29 is 9.90 Å². The van der Waals surface area contributed by atoms with Gasteiger partial charge in [-0.1, -0.05) is 36.4 Å². The highest BCUT2D eigenvalue weighted by molar-refractivity contribution is 5.98. The molecule has 0 heterocycles. The molecule has 1 amide bonds. The summed E-state index contributed by atoms with van der Waals surface area (Å²) in [4.78, 5) is 11.9. The molecule has 0 saturated heterocycles. The van der Waals surface area contributed by atoms with Crippen LogP contribution in [0.2, 0.25) is 0 Å². The highest BCUT2D eigenvalue weighted by atomic mass is 16.3. The van der Waals surface area contributed by atoms with Crippen molar-refractivity contribution in [2.24, 2.45) is 0 Å². The molecular formula is C16H18N2O2. The molecule has 0 aliphatic heterocycles. The van der Waals surface area contributed by atoms with Crippen molar-refractivity contribution in [1.82, 2.24) is 5.32 Å². The number of para-hydroxylation sites is 1. The molecule has 4 nitrogen and oxygen atoms in total. The number of benzene rings is 2. The number of hydrogen-bond donors (Lipinski definition) is 3. The maximum Gasteiger partial charge on any atom is 0.255 e. The molecule has 0 spiro atoms. The van der Waals surface area contributed by atoms with Gasteiger partial charge in [0.05, 0.1) is 11.3 Å². The summed E-state index contributed by atoms with van der Waals surface area (Å²) >= 11 is 0.